The van der Waals surface area contributed by atoms with Gasteiger partial charge in [-0.3, -0.25) is 4.57 Å². The highest BCUT2D eigenvalue weighted by atomic mass is 15.1. The molecular formula is C53H36N2. The summed E-state index contributed by atoms with van der Waals surface area (Å²) in [4.78, 5) is 5.12. The molecule has 10 aromatic rings. The smallest absolute Gasteiger partial charge is 0.145 e. The van der Waals surface area contributed by atoms with Gasteiger partial charge in [-0.25, -0.2) is 4.98 Å². The van der Waals surface area contributed by atoms with Gasteiger partial charge in [0.1, 0.15) is 5.82 Å². The first-order valence-electron chi connectivity index (χ1n) is 19.2. The van der Waals surface area contributed by atoms with Gasteiger partial charge >= 0.3 is 0 Å². The van der Waals surface area contributed by atoms with Crippen molar-refractivity contribution in [2.45, 2.75) is 12.3 Å². The maximum Gasteiger partial charge on any atom is 0.145 e. The molecule has 2 heteroatoms. The Labute approximate surface area is 319 Å². The molecule has 0 saturated carbocycles. The standard InChI is InChI=1S/C53H36N2/c1-2-16-44(17-3-1)55-50-21-11-10-20-49(50)54-53(55)38-26-22-37(23-27-38)41-30-31-47-48(34-41)52(43-29-25-36-13-5-7-15-40(36)33-43)46-19-9-8-18-45(46)51(47)42-28-24-35-12-4-6-14-39(35)32-42/h1-28,30-34,43H,29H2. The SMILES string of the molecule is C1=c2ccccc2=CC(c2c3ccccc3c(-c3ccc4ccccc4c3)c3ccc(-c4ccc(-c5nc6ccccc6n5-c5ccccc5)cc4)cc23)C1. The fraction of sp³-hybridized carbons (Fsp3) is 0.0377. The van der Waals surface area contributed by atoms with Gasteiger partial charge in [-0.15, -0.1) is 0 Å². The van der Waals surface area contributed by atoms with Crippen molar-refractivity contribution in [3.63, 3.8) is 0 Å². The van der Waals surface area contributed by atoms with Crippen LogP contribution in [-0.2, 0) is 0 Å². The second-order valence-electron chi connectivity index (χ2n) is 14.7. The molecule has 1 unspecified atom stereocenters. The Morgan fingerprint density at radius 1 is 0.455 bits per heavy atom. The van der Waals surface area contributed by atoms with Crippen molar-refractivity contribution < 1.29 is 0 Å². The molecule has 258 valence electrons. The Morgan fingerprint density at radius 3 is 1.98 bits per heavy atom. The topological polar surface area (TPSA) is 17.8 Å². The van der Waals surface area contributed by atoms with E-state index in [1.807, 2.05) is 0 Å². The highest BCUT2D eigenvalue weighted by molar-refractivity contribution is 6.17. The lowest BCUT2D eigenvalue weighted by atomic mass is 9.80. The van der Waals surface area contributed by atoms with E-state index >= 15 is 0 Å². The van der Waals surface area contributed by atoms with E-state index in [1.165, 1.54) is 70.6 Å². The number of nitrogens with zero attached hydrogens (tertiary/aromatic N) is 2. The molecule has 0 saturated heterocycles. The van der Waals surface area contributed by atoms with Gasteiger partial charge in [0.25, 0.3) is 0 Å². The van der Waals surface area contributed by atoms with Gasteiger partial charge in [0, 0.05) is 17.2 Å². The minimum Gasteiger partial charge on any atom is -0.292 e. The number of aromatic nitrogens is 2. The summed E-state index contributed by atoms with van der Waals surface area (Å²) in [5.74, 6) is 1.19. The van der Waals surface area contributed by atoms with E-state index in [2.05, 4.69) is 205 Å². The van der Waals surface area contributed by atoms with E-state index in [0.29, 0.717) is 0 Å². The maximum absolute atomic E-state index is 5.12. The second-order valence-corrected chi connectivity index (χ2v) is 14.7. The minimum atomic E-state index is 0.247. The molecule has 0 bridgehead atoms. The number of para-hydroxylation sites is 3. The molecule has 2 nitrogen and oxygen atoms in total. The Bertz CT molecular complexity index is 3230. The minimum absolute atomic E-state index is 0.247. The van der Waals surface area contributed by atoms with Crippen molar-refractivity contribution in [2.75, 3.05) is 0 Å². The fourth-order valence-electron chi connectivity index (χ4n) is 8.90. The molecular weight excluding hydrogens is 665 g/mol. The average Bonchev–Trinajstić information content (AvgIpc) is 3.65. The van der Waals surface area contributed by atoms with Gasteiger partial charge in [-0.2, -0.15) is 0 Å². The van der Waals surface area contributed by atoms with Crippen LogP contribution in [0.1, 0.15) is 17.9 Å². The number of rotatable bonds is 5. The summed E-state index contributed by atoms with van der Waals surface area (Å²) in [6.07, 6.45) is 5.88. The zero-order valence-electron chi connectivity index (χ0n) is 30.2. The van der Waals surface area contributed by atoms with Gasteiger partial charge in [-0.1, -0.05) is 164 Å². The molecule has 0 radical (unpaired) electrons. The van der Waals surface area contributed by atoms with E-state index in [0.717, 1.165) is 34.5 Å². The molecule has 55 heavy (non-hydrogen) atoms. The Kier molecular flexibility index (Phi) is 7.34. The third kappa shape index (κ3) is 5.29. The van der Waals surface area contributed by atoms with E-state index in [1.54, 1.807) is 0 Å². The third-order valence-corrected chi connectivity index (χ3v) is 11.5. The first-order chi connectivity index (χ1) is 27.3. The van der Waals surface area contributed by atoms with Crippen molar-refractivity contribution in [3.05, 3.63) is 204 Å². The van der Waals surface area contributed by atoms with Gasteiger partial charge < -0.3 is 0 Å². The normalized spacial score (nSPS) is 13.9. The van der Waals surface area contributed by atoms with Gasteiger partial charge in [-0.05, 0) is 113 Å². The number of hydrogen-bond donors (Lipinski definition) is 0. The molecule has 1 aromatic heterocycles. The first-order valence-corrected chi connectivity index (χ1v) is 19.2. The summed E-state index contributed by atoms with van der Waals surface area (Å²) in [5.41, 5.74) is 10.6. The molecule has 0 aliphatic heterocycles. The molecule has 0 spiro atoms. The highest BCUT2D eigenvalue weighted by Crippen LogP contribution is 2.45. The van der Waals surface area contributed by atoms with Gasteiger partial charge in [0.2, 0.25) is 0 Å². The molecule has 1 atom stereocenters. The van der Waals surface area contributed by atoms with Crippen LogP contribution in [0.2, 0.25) is 0 Å². The number of fused-ring (bicyclic) bond motifs is 5. The molecule has 1 aliphatic carbocycles. The van der Waals surface area contributed by atoms with Crippen LogP contribution in [0.4, 0.5) is 0 Å². The molecule has 1 heterocycles. The average molecular weight is 701 g/mol. The summed E-state index contributed by atoms with van der Waals surface area (Å²) in [6, 6.07) is 68.4. The second kappa shape index (κ2) is 12.8. The van der Waals surface area contributed by atoms with E-state index in [9.17, 15) is 0 Å². The van der Waals surface area contributed by atoms with Crippen LogP contribution in [0.25, 0.3) is 94.8 Å². The van der Waals surface area contributed by atoms with Gasteiger partial charge in [0.15, 0.2) is 0 Å². The van der Waals surface area contributed by atoms with Crippen molar-refractivity contribution >= 4 is 55.5 Å². The van der Waals surface area contributed by atoms with Crippen LogP contribution < -0.4 is 10.4 Å². The Morgan fingerprint density at radius 2 is 1.11 bits per heavy atom. The zero-order valence-corrected chi connectivity index (χ0v) is 30.2. The van der Waals surface area contributed by atoms with E-state index < -0.39 is 0 Å². The lowest BCUT2D eigenvalue weighted by Gasteiger charge is -2.23. The fourth-order valence-corrected chi connectivity index (χ4v) is 8.90. The van der Waals surface area contributed by atoms with Crippen molar-refractivity contribution in [1.82, 2.24) is 9.55 Å². The van der Waals surface area contributed by atoms with Crippen molar-refractivity contribution in [3.8, 4) is 39.3 Å². The van der Waals surface area contributed by atoms with E-state index in [-0.39, 0.29) is 5.92 Å². The quantitative estimate of drug-likeness (QED) is 0.163. The monoisotopic (exact) mass is 700 g/mol. The number of benzene rings is 9. The maximum atomic E-state index is 5.12. The zero-order chi connectivity index (χ0) is 36.3. The summed E-state index contributed by atoms with van der Waals surface area (Å²) in [5, 5.41) is 10.4. The molecule has 0 N–H and O–H groups in total. The van der Waals surface area contributed by atoms with Crippen LogP contribution in [-0.4, -0.2) is 9.55 Å². The highest BCUT2D eigenvalue weighted by Gasteiger charge is 2.22. The molecule has 9 aromatic carbocycles. The third-order valence-electron chi connectivity index (χ3n) is 11.5. The van der Waals surface area contributed by atoms with Crippen LogP contribution >= 0.6 is 0 Å². The Hall–Kier alpha value is -7.03. The number of hydrogen-bond acceptors (Lipinski definition) is 1. The van der Waals surface area contributed by atoms with Crippen LogP contribution in [0, 0.1) is 0 Å². The lowest BCUT2D eigenvalue weighted by Crippen LogP contribution is -2.27. The molecule has 0 fully saturated rings. The van der Waals surface area contributed by atoms with Crippen LogP contribution in [0.15, 0.2) is 188 Å². The first kappa shape index (κ1) is 31.5. The van der Waals surface area contributed by atoms with E-state index in [4.69, 9.17) is 4.98 Å². The summed E-state index contributed by atoms with van der Waals surface area (Å²) < 4.78 is 2.27. The molecule has 1 aliphatic rings. The summed E-state index contributed by atoms with van der Waals surface area (Å²) >= 11 is 0. The van der Waals surface area contributed by atoms with Crippen molar-refractivity contribution in [2.24, 2.45) is 0 Å². The summed E-state index contributed by atoms with van der Waals surface area (Å²) in [6.45, 7) is 0. The number of imidazole rings is 1. The van der Waals surface area contributed by atoms with Crippen LogP contribution in [0.3, 0.4) is 0 Å². The Balaban J connectivity index is 1.11. The van der Waals surface area contributed by atoms with Gasteiger partial charge in [0.05, 0.1) is 11.0 Å². The molecule has 11 rings (SSSR count). The van der Waals surface area contributed by atoms with Crippen LogP contribution in [0.5, 0.6) is 0 Å². The predicted octanol–water partition coefficient (Wildman–Crippen LogP) is 12.2. The summed E-state index contributed by atoms with van der Waals surface area (Å²) in [7, 11) is 0. The predicted molar refractivity (Wildman–Crippen MR) is 232 cm³/mol. The largest absolute Gasteiger partial charge is 0.292 e. The lowest BCUT2D eigenvalue weighted by molar-refractivity contribution is 0.940. The van der Waals surface area contributed by atoms with Crippen molar-refractivity contribution in [1.29, 1.82) is 0 Å². The molecule has 0 amide bonds.